The summed E-state index contributed by atoms with van der Waals surface area (Å²) in [5, 5.41) is 3.33. The maximum absolute atomic E-state index is 3.33. The number of hydrogen-bond donors (Lipinski definition) is 1. The summed E-state index contributed by atoms with van der Waals surface area (Å²) in [6.45, 7) is 2.09. The third kappa shape index (κ3) is 3.13. The number of para-hydroxylation sites is 1. The van der Waals surface area contributed by atoms with Crippen molar-refractivity contribution in [2.75, 3.05) is 5.32 Å². The molecule has 0 aliphatic rings. The van der Waals surface area contributed by atoms with E-state index in [1.807, 2.05) is 18.2 Å². The number of aryl methyl sites for hydroxylation is 1. The highest BCUT2D eigenvalue weighted by Crippen LogP contribution is 2.15. The number of hydrogen-bond acceptors (Lipinski definition) is 1. The molecule has 0 heterocycles. The van der Waals surface area contributed by atoms with Crippen molar-refractivity contribution in [3.63, 3.8) is 0 Å². The van der Waals surface area contributed by atoms with Crippen molar-refractivity contribution < 1.29 is 0 Å². The van der Waals surface area contributed by atoms with Crippen molar-refractivity contribution in [2.45, 2.75) is 14.4 Å². The fourth-order valence-corrected chi connectivity index (χ4v) is 1.33. The summed E-state index contributed by atoms with van der Waals surface area (Å²) in [5.74, 6) is 0. The summed E-state index contributed by atoms with van der Waals surface area (Å²) in [7, 11) is 0. The van der Waals surface area contributed by atoms with Crippen LogP contribution < -0.4 is 5.32 Å². The lowest BCUT2D eigenvalue weighted by atomic mass is 10.2. The molecule has 2 aromatic rings. The molecular weight excluding hydrogens is 182 g/mol. The average molecular weight is 199 g/mol. The van der Waals surface area contributed by atoms with Crippen molar-refractivity contribution in [1.82, 2.24) is 0 Å². The Balaban J connectivity index is 0.00000112. The Morgan fingerprint density at radius 2 is 1.27 bits per heavy atom. The molecule has 0 amide bonds. The standard InChI is InChI=1S/C13H13N.CH4/c1-11-7-9-13(10-8-11)14-12-5-3-2-4-6-12;/h2-10,14H,1H3;1H4. The van der Waals surface area contributed by atoms with Gasteiger partial charge in [-0.1, -0.05) is 43.3 Å². The third-order valence-electron chi connectivity index (χ3n) is 2.11. The van der Waals surface area contributed by atoms with Crippen LogP contribution in [0, 0.1) is 6.92 Å². The summed E-state index contributed by atoms with van der Waals surface area (Å²) in [4.78, 5) is 0. The number of anilines is 2. The first-order chi connectivity index (χ1) is 6.84. The Kier molecular flexibility index (Phi) is 3.92. The van der Waals surface area contributed by atoms with E-state index in [-0.39, 0.29) is 7.43 Å². The van der Waals surface area contributed by atoms with E-state index in [1.165, 1.54) is 5.56 Å². The van der Waals surface area contributed by atoms with E-state index >= 15 is 0 Å². The fraction of sp³-hybridized carbons (Fsp3) is 0.143. The van der Waals surface area contributed by atoms with Crippen LogP contribution >= 0.6 is 0 Å². The summed E-state index contributed by atoms with van der Waals surface area (Å²) in [6, 6.07) is 18.5. The zero-order valence-electron chi connectivity index (χ0n) is 8.20. The zero-order valence-corrected chi connectivity index (χ0v) is 8.20. The minimum Gasteiger partial charge on any atom is -0.356 e. The molecule has 0 aliphatic carbocycles. The SMILES string of the molecule is C.Cc1ccc(Nc2ccccc2)cc1. The molecule has 2 aromatic carbocycles. The van der Waals surface area contributed by atoms with E-state index in [0.29, 0.717) is 0 Å². The highest BCUT2D eigenvalue weighted by Gasteiger charge is 1.91. The molecule has 2 rings (SSSR count). The Labute approximate surface area is 91.8 Å². The van der Waals surface area contributed by atoms with Crippen LogP contribution in [0.4, 0.5) is 11.4 Å². The first kappa shape index (κ1) is 11.3. The predicted molar refractivity (Wildman–Crippen MR) is 67.6 cm³/mol. The quantitative estimate of drug-likeness (QED) is 0.757. The van der Waals surface area contributed by atoms with E-state index in [2.05, 4.69) is 48.6 Å². The summed E-state index contributed by atoms with van der Waals surface area (Å²) < 4.78 is 0. The van der Waals surface area contributed by atoms with Gasteiger partial charge in [0.05, 0.1) is 0 Å². The van der Waals surface area contributed by atoms with Crippen LogP contribution in [0.1, 0.15) is 13.0 Å². The molecule has 0 saturated carbocycles. The van der Waals surface area contributed by atoms with Gasteiger partial charge in [0.25, 0.3) is 0 Å². The summed E-state index contributed by atoms with van der Waals surface area (Å²) in [6.07, 6.45) is 0. The molecule has 0 aromatic heterocycles. The molecule has 1 nitrogen and oxygen atoms in total. The Bertz CT molecular complexity index is 389. The van der Waals surface area contributed by atoms with Crippen molar-refractivity contribution in [3.05, 3.63) is 60.2 Å². The fourth-order valence-electron chi connectivity index (χ4n) is 1.33. The zero-order chi connectivity index (χ0) is 9.80. The predicted octanol–water partition coefficient (Wildman–Crippen LogP) is 4.37. The van der Waals surface area contributed by atoms with E-state index in [9.17, 15) is 0 Å². The second-order valence-electron chi connectivity index (χ2n) is 3.36. The van der Waals surface area contributed by atoms with E-state index in [1.54, 1.807) is 0 Å². The lowest BCUT2D eigenvalue weighted by Gasteiger charge is -2.05. The summed E-state index contributed by atoms with van der Waals surface area (Å²) in [5.41, 5.74) is 3.53. The highest BCUT2D eigenvalue weighted by molar-refractivity contribution is 5.59. The summed E-state index contributed by atoms with van der Waals surface area (Å²) >= 11 is 0. The molecule has 0 atom stereocenters. The molecule has 0 fully saturated rings. The molecule has 0 saturated heterocycles. The van der Waals surface area contributed by atoms with Crippen molar-refractivity contribution in [2.24, 2.45) is 0 Å². The monoisotopic (exact) mass is 199 g/mol. The van der Waals surface area contributed by atoms with Crippen LogP contribution in [0.3, 0.4) is 0 Å². The van der Waals surface area contributed by atoms with Crippen molar-refractivity contribution in [1.29, 1.82) is 0 Å². The van der Waals surface area contributed by atoms with Gasteiger partial charge in [-0.15, -0.1) is 0 Å². The Hall–Kier alpha value is -1.76. The third-order valence-corrected chi connectivity index (χ3v) is 2.11. The minimum absolute atomic E-state index is 0. The van der Waals surface area contributed by atoms with Gasteiger partial charge in [0.1, 0.15) is 0 Å². The maximum atomic E-state index is 3.33. The minimum atomic E-state index is 0. The van der Waals surface area contributed by atoms with E-state index < -0.39 is 0 Å². The van der Waals surface area contributed by atoms with Crippen LogP contribution in [0.25, 0.3) is 0 Å². The van der Waals surface area contributed by atoms with Gasteiger partial charge in [-0.2, -0.15) is 0 Å². The second kappa shape index (κ2) is 5.20. The second-order valence-corrected chi connectivity index (χ2v) is 3.36. The van der Waals surface area contributed by atoms with Crippen LogP contribution in [0.2, 0.25) is 0 Å². The van der Waals surface area contributed by atoms with Gasteiger partial charge >= 0.3 is 0 Å². The number of nitrogens with one attached hydrogen (secondary N) is 1. The van der Waals surface area contributed by atoms with Crippen molar-refractivity contribution >= 4 is 11.4 Å². The normalized spacial score (nSPS) is 9.13. The Morgan fingerprint density at radius 3 is 1.87 bits per heavy atom. The largest absolute Gasteiger partial charge is 0.356 e. The van der Waals surface area contributed by atoms with Gasteiger partial charge in [-0.25, -0.2) is 0 Å². The van der Waals surface area contributed by atoms with Gasteiger partial charge in [0, 0.05) is 11.4 Å². The smallest absolute Gasteiger partial charge is 0.0384 e. The van der Waals surface area contributed by atoms with Gasteiger partial charge < -0.3 is 5.32 Å². The van der Waals surface area contributed by atoms with E-state index in [4.69, 9.17) is 0 Å². The van der Waals surface area contributed by atoms with Gasteiger partial charge in [0.15, 0.2) is 0 Å². The molecule has 1 N–H and O–H groups in total. The molecule has 0 bridgehead atoms. The molecule has 0 unspecified atom stereocenters. The topological polar surface area (TPSA) is 12.0 Å². The van der Waals surface area contributed by atoms with Crippen LogP contribution in [-0.2, 0) is 0 Å². The van der Waals surface area contributed by atoms with Gasteiger partial charge in [0.2, 0.25) is 0 Å². The molecule has 0 aliphatic heterocycles. The average Bonchev–Trinajstić information content (AvgIpc) is 2.23. The van der Waals surface area contributed by atoms with Crippen molar-refractivity contribution in [3.8, 4) is 0 Å². The molecule has 1 heteroatoms. The van der Waals surface area contributed by atoms with Crippen LogP contribution in [-0.4, -0.2) is 0 Å². The molecule has 78 valence electrons. The van der Waals surface area contributed by atoms with Gasteiger partial charge in [-0.3, -0.25) is 0 Å². The molecule has 0 radical (unpaired) electrons. The molecule has 15 heavy (non-hydrogen) atoms. The first-order valence-electron chi connectivity index (χ1n) is 4.73. The van der Waals surface area contributed by atoms with Crippen LogP contribution in [0.15, 0.2) is 54.6 Å². The molecular formula is C14H17N. The number of rotatable bonds is 2. The maximum Gasteiger partial charge on any atom is 0.0384 e. The lowest BCUT2D eigenvalue weighted by Crippen LogP contribution is -1.88. The highest BCUT2D eigenvalue weighted by atomic mass is 14.9. The number of benzene rings is 2. The lowest BCUT2D eigenvalue weighted by molar-refractivity contribution is 1.45. The van der Waals surface area contributed by atoms with Crippen LogP contribution in [0.5, 0.6) is 0 Å². The van der Waals surface area contributed by atoms with E-state index in [0.717, 1.165) is 11.4 Å². The Morgan fingerprint density at radius 1 is 0.733 bits per heavy atom. The molecule has 0 spiro atoms. The van der Waals surface area contributed by atoms with Gasteiger partial charge in [-0.05, 0) is 31.2 Å². The first-order valence-corrected chi connectivity index (χ1v) is 4.73.